The van der Waals surface area contributed by atoms with Crippen LogP contribution >= 0.6 is 0 Å². The molecule has 0 bridgehead atoms. The maximum Gasteiger partial charge on any atom is 0.0691 e. The number of nitrogens with zero attached hydrogens (tertiary/aromatic N) is 1. The second-order valence-corrected chi connectivity index (χ2v) is 5.83. The quantitative estimate of drug-likeness (QED) is 0.551. The normalized spacial score (nSPS) is 11.5. The molecule has 3 aromatic rings. The van der Waals surface area contributed by atoms with Gasteiger partial charge in [-0.2, -0.15) is 0 Å². The van der Waals surface area contributed by atoms with E-state index in [2.05, 4.69) is 80.6 Å². The van der Waals surface area contributed by atoms with Gasteiger partial charge in [-0.25, -0.2) is 0 Å². The number of rotatable bonds is 4. The van der Waals surface area contributed by atoms with Crippen molar-refractivity contribution >= 4 is 11.4 Å². The first kappa shape index (κ1) is 15.2. The highest BCUT2D eigenvalue weighted by atomic mass is 14.8. The summed E-state index contributed by atoms with van der Waals surface area (Å²) < 4.78 is 0. The Labute approximate surface area is 138 Å². The van der Waals surface area contributed by atoms with Crippen LogP contribution in [0.15, 0.2) is 83.9 Å². The summed E-state index contributed by atoms with van der Waals surface area (Å²) in [6.45, 7) is 4.24. The lowest BCUT2D eigenvalue weighted by molar-refractivity contribution is 1.27. The van der Waals surface area contributed by atoms with Crippen LogP contribution in [0.3, 0.4) is 0 Å². The average molecular weight is 299 g/mol. The van der Waals surface area contributed by atoms with Gasteiger partial charge in [0.25, 0.3) is 0 Å². The number of aryl methyl sites for hydroxylation is 2. The Bertz CT molecular complexity index is 782. The monoisotopic (exact) mass is 299 g/mol. The lowest BCUT2D eigenvalue weighted by Gasteiger charge is -2.11. The fourth-order valence-electron chi connectivity index (χ4n) is 2.74. The molecule has 1 nitrogen and oxygen atoms in total. The molecule has 0 aliphatic heterocycles. The standard InChI is InChI=1S/C22H21N/c1-17-10-9-11-18(2)22(17)23-21(20-14-7-4-8-15-20)16-19-12-5-3-6-13-19/h3-15H,16H2,1-2H3. The van der Waals surface area contributed by atoms with Crippen molar-refractivity contribution in [2.45, 2.75) is 20.3 Å². The molecule has 23 heavy (non-hydrogen) atoms. The number of aliphatic imine (C=N–C) groups is 1. The fourth-order valence-corrected chi connectivity index (χ4v) is 2.74. The third-order valence-corrected chi connectivity index (χ3v) is 4.01. The maximum absolute atomic E-state index is 5.04. The Hall–Kier alpha value is -2.67. The Morgan fingerprint density at radius 1 is 0.696 bits per heavy atom. The van der Waals surface area contributed by atoms with Gasteiger partial charge in [0.15, 0.2) is 0 Å². The van der Waals surface area contributed by atoms with Gasteiger partial charge in [-0.1, -0.05) is 78.9 Å². The Morgan fingerprint density at radius 3 is 1.87 bits per heavy atom. The van der Waals surface area contributed by atoms with Crippen molar-refractivity contribution < 1.29 is 0 Å². The molecular weight excluding hydrogens is 278 g/mol. The smallest absolute Gasteiger partial charge is 0.0691 e. The van der Waals surface area contributed by atoms with E-state index in [1.165, 1.54) is 22.3 Å². The molecule has 0 atom stereocenters. The molecule has 0 aliphatic carbocycles. The predicted molar refractivity (Wildman–Crippen MR) is 98.7 cm³/mol. The summed E-state index contributed by atoms with van der Waals surface area (Å²) in [5, 5.41) is 0. The van der Waals surface area contributed by atoms with Gasteiger partial charge in [0, 0.05) is 6.42 Å². The molecule has 0 N–H and O–H groups in total. The van der Waals surface area contributed by atoms with E-state index >= 15 is 0 Å². The maximum atomic E-state index is 5.04. The third kappa shape index (κ3) is 3.75. The minimum Gasteiger partial charge on any atom is -0.252 e. The van der Waals surface area contributed by atoms with Gasteiger partial charge in [0.1, 0.15) is 0 Å². The molecule has 0 aromatic heterocycles. The van der Waals surface area contributed by atoms with E-state index in [1.807, 2.05) is 12.1 Å². The summed E-state index contributed by atoms with van der Waals surface area (Å²) in [5.41, 5.74) is 7.08. The highest BCUT2D eigenvalue weighted by Crippen LogP contribution is 2.25. The van der Waals surface area contributed by atoms with Crippen LogP contribution < -0.4 is 0 Å². The van der Waals surface area contributed by atoms with E-state index in [0.29, 0.717) is 0 Å². The molecule has 0 heterocycles. The minimum absolute atomic E-state index is 0.832. The molecule has 3 rings (SSSR count). The first-order valence-corrected chi connectivity index (χ1v) is 7.97. The minimum atomic E-state index is 0.832. The largest absolute Gasteiger partial charge is 0.252 e. The summed E-state index contributed by atoms with van der Waals surface area (Å²) >= 11 is 0. The highest BCUT2D eigenvalue weighted by molar-refractivity contribution is 6.03. The molecule has 1 heteroatoms. The molecule has 0 saturated carbocycles. The third-order valence-electron chi connectivity index (χ3n) is 4.01. The number of hydrogen-bond donors (Lipinski definition) is 0. The zero-order chi connectivity index (χ0) is 16.1. The lowest BCUT2D eigenvalue weighted by atomic mass is 10.0. The molecule has 0 aliphatic rings. The average Bonchev–Trinajstić information content (AvgIpc) is 2.59. The molecule has 0 unspecified atom stereocenters. The highest BCUT2D eigenvalue weighted by Gasteiger charge is 2.08. The van der Waals surface area contributed by atoms with E-state index in [0.717, 1.165) is 17.8 Å². The van der Waals surface area contributed by atoms with Crippen molar-refractivity contribution in [1.82, 2.24) is 0 Å². The van der Waals surface area contributed by atoms with Gasteiger partial charge in [0.2, 0.25) is 0 Å². The lowest BCUT2D eigenvalue weighted by Crippen LogP contribution is -2.05. The zero-order valence-corrected chi connectivity index (χ0v) is 13.7. The van der Waals surface area contributed by atoms with Crippen LogP contribution in [0.1, 0.15) is 22.3 Å². The van der Waals surface area contributed by atoms with Crippen LogP contribution in [0.4, 0.5) is 5.69 Å². The fraction of sp³-hybridized carbons (Fsp3) is 0.136. The van der Waals surface area contributed by atoms with E-state index in [-0.39, 0.29) is 0 Å². The second-order valence-electron chi connectivity index (χ2n) is 5.83. The van der Waals surface area contributed by atoms with Crippen molar-refractivity contribution in [2.24, 2.45) is 4.99 Å². The summed E-state index contributed by atoms with van der Waals surface area (Å²) in [6.07, 6.45) is 0.832. The number of hydrogen-bond acceptors (Lipinski definition) is 1. The van der Waals surface area contributed by atoms with E-state index in [9.17, 15) is 0 Å². The summed E-state index contributed by atoms with van der Waals surface area (Å²) in [6, 6.07) is 27.3. The number of benzene rings is 3. The van der Waals surface area contributed by atoms with Crippen LogP contribution in [0.2, 0.25) is 0 Å². The Kier molecular flexibility index (Phi) is 4.68. The van der Waals surface area contributed by atoms with Gasteiger partial charge in [-0.05, 0) is 36.1 Å². The van der Waals surface area contributed by atoms with Crippen molar-refractivity contribution in [3.63, 3.8) is 0 Å². The van der Waals surface area contributed by atoms with Gasteiger partial charge in [0.05, 0.1) is 11.4 Å². The van der Waals surface area contributed by atoms with Gasteiger partial charge in [-0.3, -0.25) is 4.99 Å². The van der Waals surface area contributed by atoms with Crippen LogP contribution in [0.25, 0.3) is 0 Å². The van der Waals surface area contributed by atoms with Gasteiger partial charge < -0.3 is 0 Å². The molecule has 0 saturated heterocycles. The molecule has 114 valence electrons. The molecular formula is C22H21N. The Balaban J connectivity index is 2.07. The van der Waals surface area contributed by atoms with Crippen molar-refractivity contribution in [1.29, 1.82) is 0 Å². The number of para-hydroxylation sites is 1. The van der Waals surface area contributed by atoms with Gasteiger partial charge >= 0.3 is 0 Å². The second kappa shape index (κ2) is 7.06. The zero-order valence-electron chi connectivity index (χ0n) is 13.7. The van der Waals surface area contributed by atoms with Crippen LogP contribution in [-0.2, 0) is 6.42 Å². The molecule has 0 spiro atoms. The van der Waals surface area contributed by atoms with Crippen molar-refractivity contribution in [3.05, 3.63) is 101 Å². The van der Waals surface area contributed by atoms with Crippen LogP contribution in [0, 0.1) is 13.8 Å². The first-order chi connectivity index (χ1) is 11.2. The molecule has 0 fully saturated rings. The first-order valence-electron chi connectivity index (χ1n) is 7.97. The van der Waals surface area contributed by atoms with E-state index in [4.69, 9.17) is 4.99 Å². The van der Waals surface area contributed by atoms with E-state index in [1.54, 1.807) is 0 Å². The van der Waals surface area contributed by atoms with Crippen LogP contribution in [0.5, 0.6) is 0 Å². The van der Waals surface area contributed by atoms with Crippen molar-refractivity contribution in [2.75, 3.05) is 0 Å². The van der Waals surface area contributed by atoms with Gasteiger partial charge in [-0.15, -0.1) is 0 Å². The van der Waals surface area contributed by atoms with Crippen LogP contribution in [-0.4, -0.2) is 5.71 Å². The SMILES string of the molecule is Cc1cccc(C)c1N=C(Cc1ccccc1)c1ccccc1. The summed E-state index contributed by atoms with van der Waals surface area (Å²) in [5.74, 6) is 0. The van der Waals surface area contributed by atoms with Crippen molar-refractivity contribution in [3.8, 4) is 0 Å². The summed E-state index contributed by atoms with van der Waals surface area (Å²) in [7, 11) is 0. The van der Waals surface area contributed by atoms with E-state index < -0.39 is 0 Å². The predicted octanol–water partition coefficient (Wildman–Crippen LogP) is 5.67. The Morgan fingerprint density at radius 2 is 1.26 bits per heavy atom. The summed E-state index contributed by atoms with van der Waals surface area (Å²) in [4.78, 5) is 5.04. The molecule has 0 radical (unpaired) electrons. The topological polar surface area (TPSA) is 12.4 Å². The molecule has 0 amide bonds. The molecule has 3 aromatic carbocycles.